The van der Waals surface area contributed by atoms with Gasteiger partial charge in [-0.3, -0.25) is 9.69 Å². The molecule has 1 N–H and O–H groups in total. The molecule has 25 heavy (non-hydrogen) atoms. The summed E-state index contributed by atoms with van der Waals surface area (Å²) in [5, 5.41) is 8.98. The highest BCUT2D eigenvalue weighted by Crippen LogP contribution is 2.32. The van der Waals surface area contributed by atoms with E-state index in [1.54, 1.807) is 0 Å². The smallest absolute Gasteiger partial charge is 0.303 e. The zero-order chi connectivity index (χ0) is 18.1. The number of hydrogen-bond donors (Lipinski definition) is 1. The van der Waals surface area contributed by atoms with Crippen LogP contribution >= 0.6 is 0 Å². The van der Waals surface area contributed by atoms with Crippen LogP contribution in [0.1, 0.15) is 50.3 Å². The van der Waals surface area contributed by atoms with Gasteiger partial charge in [-0.05, 0) is 43.0 Å². The second-order valence-corrected chi connectivity index (χ2v) is 6.30. The summed E-state index contributed by atoms with van der Waals surface area (Å²) in [4.78, 5) is 13.4. The summed E-state index contributed by atoms with van der Waals surface area (Å²) in [5.41, 5.74) is 2.60. The SMILES string of the molecule is CC.O=C(O)CC1CCN(C(c2ccccc2)c2ccccc2)CC1. The van der Waals surface area contributed by atoms with Gasteiger partial charge in [-0.2, -0.15) is 0 Å². The Hall–Kier alpha value is -2.13. The zero-order valence-electron chi connectivity index (χ0n) is 15.3. The Morgan fingerprint density at radius 2 is 1.40 bits per heavy atom. The van der Waals surface area contributed by atoms with Gasteiger partial charge in [0, 0.05) is 6.42 Å². The van der Waals surface area contributed by atoms with Crippen LogP contribution in [0.4, 0.5) is 0 Å². The molecule has 0 atom stereocenters. The van der Waals surface area contributed by atoms with E-state index in [0.717, 1.165) is 25.9 Å². The van der Waals surface area contributed by atoms with E-state index >= 15 is 0 Å². The summed E-state index contributed by atoms with van der Waals surface area (Å²) in [5.74, 6) is -0.359. The highest BCUT2D eigenvalue weighted by atomic mass is 16.4. The maximum atomic E-state index is 10.9. The minimum atomic E-state index is -0.675. The first-order chi connectivity index (χ1) is 12.2. The summed E-state index contributed by atoms with van der Waals surface area (Å²) in [6, 6.07) is 21.4. The minimum Gasteiger partial charge on any atom is -0.481 e. The molecule has 1 fully saturated rings. The maximum absolute atomic E-state index is 10.9. The van der Waals surface area contributed by atoms with Crippen molar-refractivity contribution in [3.05, 3.63) is 71.8 Å². The highest BCUT2D eigenvalue weighted by molar-refractivity contribution is 5.67. The Morgan fingerprint density at radius 1 is 0.960 bits per heavy atom. The normalized spacial score (nSPS) is 15.5. The lowest BCUT2D eigenvalue weighted by Gasteiger charge is -2.38. The standard InChI is InChI=1S/C20H23NO2.C2H6/c22-19(23)15-16-11-13-21(14-12-16)20(17-7-3-1-4-8-17)18-9-5-2-6-10-18;1-2/h1-10,16,20H,11-15H2,(H,22,23);1-2H3. The molecule has 1 aliphatic rings. The van der Waals surface area contributed by atoms with Crippen LogP contribution in [0.15, 0.2) is 60.7 Å². The molecule has 0 unspecified atom stereocenters. The van der Waals surface area contributed by atoms with E-state index in [2.05, 4.69) is 53.4 Å². The molecule has 0 aliphatic carbocycles. The molecule has 3 rings (SSSR count). The van der Waals surface area contributed by atoms with E-state index in [4.69, 9.17) is 5.11 Å². The lowest BCUT2D eigenvalue weighted by atomic mass is 9.90. The number of hydrogen-bond acceptors (Lipinski definition) is 2. The van der Waals surface area contributed by atoms with Crippen LogP contribution < -0.4 is 0 Å². The Bertz CT molecular complexity index is 579. The summed E-state index contributed by atoms with van der Waals surface area (Å²) < 4.78 is 0. The predicted octanol–water partition coefficient (Wildman–Crippen LogP) is 4.99. The number of likely N-dealkylation sites (tertiary alicyclic amines) is 1. The monoisotopic (exact) mass is 339 g/mol. The van der Waals surface area contributed by atoms with Gasteiger partial charge in [0.25, 0.3) is 0 Å². The van der Waals surface area contributed by atoms with Gasteiger partial charge in [-0.15, -0.1) is 0 Å². The minimum absolute atomic E-state index is 0.253. The van der Waals surface area contributed by atoms with E-state index in [0.29, 0.717) is 12.3 Å². The van der Waals surface area contributed by atoms with Gasteiger partial charge in [0.05, 0.1) is 6.04 Å². The van der Waals surface area contributed by atoms with Crippen LogP contribution in [-0.2, 0) is 4.79 Å². The van der Waals surface area contributed by atoms with Gasteiger partial charge in [0.2, 0.25) is 0 Å². The molecule has 0 radical (unpaired) electrons. The van der Waals surface area contributed by atoms with Gasteiger partial charge in [-0.25, -0.2) is 0 Å². The van der Waals surface area contributed by atoms with Crippen LogP contribution in [0.25, 0.3) is 0 Å². The fourth-order valence-electron chi connectivity index (χ4n) is 3.55. The third kappa shape index (κ3) is 5.43. The fourth-order valence-corrected chi connectivity index (χ4v) is 3.55. The van der Waals surface area contributed by atoms with Crippen molar-refractivity contribution in [1.29, 1.82) is 0 Å². The number of nitrogens with zero attached hydrogens (tertiary/aromatic N) is 1. The van der Waals surface area contributed by atoms with E-state index < -0.39 is 5.97 Å². The average Bonchev–Trinajstić information content (AvgIpc) is 2.66. The predicted molar refractivity (Wildman–Crippen MR) is 103 cm³/mol. The highest BCUT2D eigenvalue weighted by Gasteiger charge is 2.27. The van der Waals surface area contributed by atoms with Crippen LogP contribution in [-0.4, -0.2) is 29.1 Å². The van der Waals surface area contributed by atoms with Crippen molar-refractivity contribution in [3.63, 3.8) is 0 Å². The molecule has 2 aromatic rings. The number of carboxylic acids is 1. The molecule has 0 spiro atoms. The van der Waals surface area contributed by atoms with Crippen LogP contribution in [0, 0.1) is 5.92 Å². The number of carbonyl (C=O) groups is 1. The van der Waals surface area contributed by atoms with Gasteiger partial charge >= 0.3 is 5.97 Å². The van der Waals surface area contributed by atoms with Crippen molar-refractivity contribution in [2.45, 2.75) is 39.2 Å². The average molecular weight is 339 g/mol. The molecule has 0 aromatic heterocycles. The molecular weight excluding hydrogens is 310 g/mol. The molecule has 1 saturated heterocycles. The van der Waals surface area contributed by atoms with Crippen LogP contribution in [0.2, 0.25) is 0 Å². The fraction of sp³-hybridized carbons (Fsp3) is 0.409. The first-order valence-corrected chi connectivity index (χ1v) is 9.30. The quantitative estimate of drug-likeness (QED) is 0.834. The topological polar surface area (TPSA) is 40.5 Å². The lowest BCUT2D eigenvalue weighted by molar-refractivity contribution is -0.138. The third-order valence-electron chi connectivity index (χ3n) is 4.71. The molecular formula is C22H29NO2. The Balaban J connectivity index is 0.00000109. The van der Waals surface area contributed by atoms with Crippen LogP contribution in [0.5, 0.6) is 0 Å². The Labute approximate surface area is 151 Å². The van der Waals surface area contributed by atoms with E-state index in [1.807, 2.05) is 26.0 Å². The summed E-state index contributed by atoms with van der Waals surface area (Å²) in [6.45, 7) is 5.90. The lowest BCUT2D eigenvalue weighted by Crippen LogP contribution is -2.37. The van der Waals surface area contributed by atoms with Gasteiger partial charge < -0.3 is 5.11 Å². The largest absolute Gasteiger partial charge is 0.481 e. The first kappa shape index (κ1) is 19.2. The number of benzene rings is 2. The second kappa shape index (κ2) is 10.00. The van der Waals surface area contributed by atoms with Crippen LogP contribution in [0.3, 0.4) is 0 Å². The van der Waals surface area contributed by atoms with E-state index in [-0.39, 0.29) is 6.04 Å². The van der Waals surface area contributed by atoms with Crippen molar-refractivity contribution in [2.24, 2.45) is 5.92 Å². The Kier molecular flexibility index (Phi) is 7.68. The number of carboxylic acid groups (broad SMARTS) is 1. The van der Waals surface area contributed by atoms with Crippen molar-refractivity contribution >= 4 is 5.97 Å². The number of rotatable bonds is 5. The molecule has 1 heterocycles. The zero-order valence-corrected chi connectivity index (χ0v) is 15.3. The van der Waals surface area contributed by atoms with Crippen molar-refractivity contribution in [3.8, 4) is 0 Å². The van der Waals surface area contributed by atoms with Crippen molar-refractivity contribution in [1.82, 2.24) is 4.90 Å². The van der Waals surface area contributed by atoms with Gasteiger partial charge in [-0.1, -0.05) is 74.5 Å². The van der Waals surface area contributed by atoms with Crippen molar-refractivity contribution in [2.75, 3.05) is 13.1 Å². The molecule has 0 bridgehead atoms. The summed E-state index contributed by atoms with van der Waals surface area (Å²) in [6.07, 6.45) is 2.22. The van der Waals surface area contributed by atoms with E-state index in [9.17, 15) is 4.79 Å². The van der Waals surface area contributed by atoms with Gasteiger partial charge in [0.1, 0.15) is 0 Å². The molecule has 0 saturated carbocycles. The molecule has 3 nitrogen and oxygen atoms in total. The molecule has 2 aromatic carbocycles. The molecule has 134 valence electrons. The number of piperidine rings is 1. The maximum Gasteiger partial charge on any atom is 0.303 e. The summed E-state index contributed by atoms with van der Waals surface area (Å²) >= 11 is 0. The summed E-state index contributed by atoms with van der Waals surface area (Å²) in [7, 11) is 0. The Morgan fingerprint density at radius 3 is 1.80 bits per heavy atom. The molecule has 1 aliphatic heterocycles. The molecule has 3 heteroatoms. The van der Waals surface area contributed by atoms with Gasteiger partial charge in [0.15, 0.2) is 0 Å². The number of aliphatic carboxylic acids is 1. The van der Waals surface area contributed by atoms with Crippen molar-refractivity contribution < 1.29 is 9.90 Å². The first-order valence-electron chi connectivity index (χ1n) is 9.30. The molecule has 0 amide bonds. The second-order valence-electron chi connectivity index (χ2n) is 6.30. The van der Waals surface area contributed by atoms with E-state index in [1.165, 1.54) is 11.1 Å². The third-order valence-corrected chi connectivity index (χ3v) is 4.71.